The summed E-state index contributed by atoms with van der Waals surface area (Å²) in [6.45, 7) is 0. The van der Waals surface area contributed by atoms with E-state index in [0.29, 0.717) is 16.3 Å². The first-order valence-electron chi connectivity index (χ1n) is 5.60. The molecule has 98 valence electrons. The third kappa shape index (κ3) is 3.89. The van der Waals surface area contributed by atoms with Gasteiger partial charge in [0.15, 0.2) is 0 Å². The van der Waals surface area contributed by atoms with Crippen molar-refractivity contribution < 1.29 is 15.0 Å². The van der Waals surface area contributed by atoms with E-state index in [0.717, 1.165) is 5.69 Å². The lowest BCUT2D eigenvalue weighted by Gasteiger charge is -2.08. The van der Waals surface area contributed by atoms with Gasteiger partial charge in [-0.2, -0.15) is 0 Å². The van der Waals surface area contributed by atoms with Gasteiger partial charge in [0.1, 0.15) is 5.75 Å². The highest BCUT2D eigenvalue weighted by Gasteiger charge is 2.03. The molecule has 2 aromatic rings. The summed E-state index contributed by atoms with van der Waals surface area (Å²) in [5.41, 5.74) is 2.07. The predicted octanol–water partition coefficient (Wildman–Crippen LogP) is 3.42. The van der Waals surface area contributed by atoms with E-state index in [1.54, 1.807) is 24.3 Å². The molecule has 0 aliphatic rings. The van der Waals surface area contributed by atoms with E-state index in [1.807, 2.05) is 6.07 Å². The topological polar surface area (TPSA) is 69.6 Å². The van der Waals surface area contributed by atoms with Gasteiger partial charge < -0.3 is 15.5 Å². The largest absolute Gasteiger partial charge is 0.508 e. The molecule has 2 aromatic carbocycles. The van der Waals surface area contributed by atoms with Gasteiger partial charge >= 0.3 is 5.97 Å². The van der Waals surface area contributed by atoms with Crippen LogP contribution in [0, 0.1) is 0 Å². The van der Waals surface area contributed by atoms with Crippen molar-refractivity contribution in [1.29, 1.82) is 0 Å². The summed E-state index contributed by atoms with van der Waals surface area (Å²) >= 11 is 5.84. The summed E-state index contributed by atoms with van der Waals surface area (Å²) in [6, 6.07) is 11.7. The molecule has 0 aliphatic heterocycles. The molecule has 3 N–H and O–H groups in total. The maximum Gasteiger partial charge on any atom is 0.307 e. The molecular weight excluding hydrogens is 266 g/mol. The van der Waals surface area contributed by atoms with Crippen LogP contribution in [-0.4, -0.2) is 16.2 Å². The van der Waals surface area contributed by atoms with E-state index >= 15 is 0 Å². The molecule has 0 atom stereocenters. The van der Waals surface area contributed by atoms with Crippen molar-refractivity contribution in [3.05, 3.63) is 53.1 Å². The maximum atomic E-state index is 10.7. The van der Waals surface area contributed by atoms with Gasteiger partial charge in [-0.15, -0.1) is 0 Å². The van der Waals surface area contributed by atoms with E-state index in [9.17, 15) is 9.90 Å². The zero-order valence-corrected chi connectivity index (χ0v) is 10.7. The van der Waals surface area contributed by atoms with Gasteiger partial charge in [-0.05, 0) is 29.8 Å². The molecule has 0 aliphatic carbocycles. The third-order valence-corrected chi connectivity index (χ3v) is 2.67. The zero-order chi connectivity index (χ0) is 13.8. The Morgan fingerprint density at radius 2 is 1.95 bits per heavy atom. The molecule has 0 aromatic heterocycles. The standard InChI is InChI=1S/C14H12ClNO3/c15-10-6-12(8-13(17)7-10)16-11-3-1-2-9(4-11)5-14(18)19/h1-4,6-8,16-17H,5H2,(H,18,19). The summed E-state index contributed by atoms with van der Waals surface area (Å²) in [6.07, 6.45) is -0.0314. The minimum atomic E-state index is -0.877. The first-order valence-corrected chi connectivity index (χ1v) is 5.98. The average Bonchev–Trinajstić information content (AvgIpc) is 2.26. The maximum absolute atomic E-state index is 10.7. The zero-order valence-electron chi connectivity index (χ0n) is 9.93. The Bertz CT molecular complexity index is 593. The van der Waals surface area contributed by atoms with Gasteiger partial charge in [-0.1, -0.05) is 23.7 Å². The number of nitrogens with one attached hydrogen (secondary N) is 1. The number of phenols is 1. The van der Waals surface area contributed by atoms with E-state index in [1.165, 1.54) is 12.1 Å². The number of carbonyl (C=O) groups is 1. The number of aromatic hydroxyl groups is 1. The lowest BCUT2D eigenvalue weighted by Crippen LogP contribution is -2.00. The minimum Gasteiger partial charge on any atom is -0.508 e. The Morgan fingerprint density at radius 3 is 2.63 bits per heavy atom. The number of phenolic OH excluding ortho intramolecular Hbond substituents is 1. The van der Waals surface area contributed by atoms with Crippen molar-refractivity contribution in [3.63, 3.8) is 0 Å². The molecule has 4 nitrogen and oxygen atoms in total. The van der Waals surface area contributed by atoms with Crippen LogP contribution in [0.15, 0.2) is 42.5 Å². The van der Waals surface area contributed by atoms with Crippen molar-refractivity contribution in [2.75, 3.05) is 5.32 Å². The molecule has 5 heteroatoms. The number of hydrogen-bond donors (Lipinski definition) is 3. The second kappa shape index (κ2) is 5.63. The van der Waals surface area contributed by atoms with Crippen molar-refractivity contribution in [1.82, 2.24) is 0 Å². The molecule has 19 heavy (non-hydrogen) atoms. The number of benzene rings is 2. The van der Waals surface area contributed by atoms with Gasteiger partial charge in [0, 0.05) is 22.5 Å². The fourth-order valence-corrected chi connectivity index (χ4v) is 1.98. The van der Waals surface area contributed by atoms with E-state index < -0.39 is 5.97 Å². The van der Waals surface area contributed by atoms with Gasteiger partial charge in [0.25, 0.3) is 0 Å². The monoisotopic (exact) mass is 277 g/mol. The summed E-state index contributed by atoms with van der Waals surface area (Å²) in [4.78, 5) is 10.7. The van der Waals surface area contributed by atoms with Crippen molar-refractivity contribution in [2.45, 2.75) is 6.42 Å². The van der Waals surface area contributed by atoms with Crippen LogP contribution in [0.5, 0.6) is 5.75 Å². The van der Waals surface area contributed by atoms with Crippen LogP contribution in [0.25, 0.3) is 0 Å². The third-order valence-electron chi connectivity index (χ3n) is 2.45. The van der Waals surface area contributed by atoms with Gasteiger partial charge in [-0.25, -0.2) is 0 Å². The van der Waals surface area contributed by atoms with Crippen LogP contribution < -0.4 is 5.32 Å². The second-order valence-electron chi connectivity index (χ2n) is 4.09. The van der Waals surface area contributed by atoms with E-state index in [4.69, 9.17) is 16.7 Å². The quantitative estimate of drug-likeness (QED) is 0.801. The second-order valence-corrected chi connectivity index (χ2v) is 4.53. The number of anilines is 2. The van der Waals surface area contributed by atoms with Crippen LogP contribution in [0.3, 0.4) is 0 Å². The molecular formula is C14H12ClNO3. The Kier molecular flexibility index (Phi) is 3.92. The minimum absolute atomic E-state index is 0.0314. The molecule has 0 fully saturated rings. The van der Waals surface area contributed by atoms with Crippen LogP contribution in [0.4, 0.5) is 11.4 Å². The van der Waals surface area contributed by atoms with E-state index in [-0.39, 0.29) is 12.2 Å². The Morgan fingerprint density at radius 1 is 1.16 bits per heavy atom. The molecule has 0 bridgehead atoms. The number of hydrogen-bond acceptors (Lipinski definition) is 3. The fourth-order valence-electron chi connectivity index (χ4n) is 1.75. The lowest BCUT2D eigenvalue weighted by molar-refractivity contribution is -0.136. The van der Waals surface area contributed by atoms with Crippen LogP contribution >= 0.6 is 11.6 Å². The smallest absolute Gasteiger partial charge is 0.307 e. The van der Waals surface area contributed by atoms with Gasteiger partial charge in [0.2, 0.25) is 0 Å². The number of halogens is 1. The predicted molar refractivity (Wildman–Crippen MR) is 74.2 cm³/mol. The van der Waals surface area contributed by atoms with Crippen LogP contribution in [-0.2, 0) is 11.2 Å². The first kappa shape index (κ1) is 13.2. The highest BCUT2D eigenvalue weighted by molar-refractivity contribution is 6.31. The highest BCUT2D eigenvalue weighted by Crippen LogP contribution is 2.26. The van der Waals surface area contributed by atoms with Crippen molar-refractivity contribution >= 4 is 28.9 Å². The molecule has 0 heterocycles. The molecule has 0 spiro atoms. The van der Waals surface area contributed by atoms with Gasteiger partial charge in [0.05, 0.1) is 6.42 Å². The van der Waals surface area contributed by atoms with Gasteiger partial charge in [-0.3, -0.25) is 4.79 Å². The summed E-state index contributed by atoms with van der Waals surface area (Å²) in [5.74, 6) is -0.811. The summed E-state index contributed by atoms with van der Waals surface area (Å²) in [5, 5.41) is 21.7. The SMILES string of the molecule is O=C(O)Cc1cccc(Nc2cc(O)cc(Cl)c2)c1. The average molecular weight is 278 g/mol. The molecule has 0 saturated heterocycles. The van der Waals surface area contributed by atoms with E-state index in [2.05, 4.69) is 5.32 Å². The van der Waals surface area contributed by atoms with Crippen LogP contribution in [0.1, 0.15) is 5.56 Å². The fraction of sp³-hybridized carbons (Fsp3) is 0.0714. The Labute approximate surface area is 115 Å². The number of carboxylic acids is 1. The number of carboxylic acid groups (broad SMARTS) is 1. The molecule has 0 radical (unpaired) electrons. The van der Waals surface area contributed by atoms with Crippen molar-refractivity contribution in [3.8, 4) is 5.75 Å². The summed E-state index contributed by atoms with van der Waals surface area (Å²) in [7, 11) is 0. The first-order chi connectivity index (χ1) is 9.02. The summed E-state index contributed by atoms with van der Waals surface area (Å²) < 4.78 is 0. The highest BCUT2D eigenvalue weighted by atomic mass is 35.5. The molecule has 0 amide bonds. The molecule has 0 saturated carbocycles. The molecule has 2 rings (SSSR count). The number of aliphatic carboxylic acids is 1. The normalized spacial score (nSPS) is 10.2. The van der Waals surface area contributed by atoms with Crippen LogP contribution in [0.2, 0.25) is 5.02 Å². The Balaban J connectivity index is 2.20. The Hall–Kier alpha value is -2.20. The molecule has 0 unspecified atom stereocenters. The lowest BCUT2D eigenvalue weighted by atomic mass is 10.1. The van der Waals surface area contributed by atoms with Crippen molar-refractivity contribution in [2.24, 2.45) is 0 Å². The number of rotatable bonds is 4.